The average Bonchev–Trinajstić information content (AvgIpc) is 2.53. The number of nitrogens with one attached hydrogen (secondary N) is 1. The van der Waals surface area contributed by atoms with E-state index in [1.54, 1.807) is 30.3 Å². The monoisotopic (exact) mass is 290 g/mol. The number of ether oxygens (including phenoxy) is 2. The van der Waals surface area contributed by atoms with E-state index >= 15 is 0 Å². The van der Waals surface area contributed by atoms with Crippen LogP contribution in [0, 0.1) is 0 Å². The quantitative estimate of drug-likeness (QED) is 0.525. The Morgan fingerprint density at radius 2 is 2.00 bits per heavy atom. The van der Waals surface area contributed by atoms with Gasteiger partial charge < -0.3 is 20.0 Å². The van der Waals surface area contributed by atoms with Crippen molar-refractivity contribution < 1.29 is 14.6 Å². The molecule has 2 rings (SSSR count). The van der Waals surface area contributed by atoms with Gasteiger partial charge in [0.25, 0.3) is 0 Å². The number of nitrogens with two attached hydrogens (primary N) is 1. The highest BCUT2D eigenvalue weighted by Crippen LogP contribution is 2.22. The molecule has 0 aliphatic carbocycles. The standard InChI is InChI=1S/C14H18N4O3/c1-2-20-9-13-16-12(18-15)7-14(17-13)21-11-5-3-10(8-19)4-6-11/h3-7,19H,2,8-9,15H2,1H3,(H,16,17,18). The van der Waals surface area contributed by atoms with Gasteiger partial charge in [0.1, 0.15) is 18.2 Å². The number of nitrogen functional groups attached to an aromatic ring is 1. The second kappa shape index (κ2) is 7.53. The van der Waals surface area contributed by atoms with Crippen LogP contribution < -0.4 is 16.0 Å². The van der Waals surface area contributed by atoms with Crippen molar-refractivity contribution in [1.29, 1.82) is 0 Å². The smallest absolute Gasteiger partial charge is 0.224 e. The lowest BCUT2D eigenvalue weighted by Gasteiger charge is -2.09. The van der Waals surface area contributed by atoms with Crippen LogP contribution >= 0.6 is 0 Å². The molecule has 112 valence electrons. The minimum absolute atomic E-state index is 0.00642. The van der Waals surface area contributed by atoms with Gasteiger partial charge in [-0.2, -0.15) is 4.98 Å². The molecule has 1 aromatic heterocycles. The summed E-state index contributed by atoms with van der Waals surface area (Å²) in [6.07, 6.45) is 0. The van der Waals surface area contributed by atoms with Crippen molar-refractivity contribution in [3.05, 3.63) is 41.7 Å². The van der Waals surface area contributed by atoms with Crippen molar-refractivity contribution in [2.45, 2.75) is 20.1 Å². The molecule has 0 radical (unpaired) electrons. The number of hydrogen-bond donors (Lipinski definition) is 3. The van der Waals surface area contributed by atoms with Gasteiger partial charge >= 0.3 is 0 Å². The molecule has 7 nitrogen and oxygen atoms in total. The van der Waals surface area contributed by atoms with Gasteiger partial charge in [-0.05, 0) is 24.6 Å². The highest BCUT2D eigenvalue weighted by Gasteiger charge is 2.06. The van der Waals surface area contributed by atoms with Gasteiger partial charge in [0.05, 0.1) is 6.61 Å². The number of aliphatic hydroxyl groups is 1. The van der Waals surface area contributed by atoms with Crippen molar-refractivity contribution in [3.63, 3.8) is 0 Å². The molecule has 7 heteroatoms. The third-order valence-corrected chi connectivity index (χ3v) is 2.66. The molecule has 0 saturated heterocycles. The van der Waals surface area contributed by atoms with Gasteiger partial charge in [0.2, 0.25) is 5.88 Å². The summed E-state index contributed by atoms with van der Waals surface area (Å²) in [6, 6.07) is 8.66. The Bertz CT molecular complexity index is 575. The van der Waals surface area contributed by atoms with Crippen molar-refractivity contribution in [2.24, 2.45) is 5.84 Å². The molecule has 0 spiro atoms. The number of anilines is 1. The molecule has 1 aromatic carbocycles. The first kappa shape index (κ1) is 15.2. The minimum atomic E-state index is -0.00642. The Morgan fingerprint density at radius 1 is 1.24 bits per heavy atom. The third kappa shape index (κ3) is 4.38. The number of hydrogen-bond acceptors (Lipinski definition) is 7. The molecule has 0 amide bonds. The molecule has 21 heavy (non-hydrogen) atoms. The Hall–Kier alpha value is -2.22. The summed E-state index contributed by atoms with van der Waals surface area (Å²) >= 11 is 0. The predicted molar refractivity (Wildman–Crippen MR) is 77.6 cm³/mol. The fourth-order valence-electron chi connectivity index (χ4n) is 1.64. The van der Waals surface area contributed by atoms with Crippen LogP contribution in [-0.4, -0.2) is 21.7 Å². The molecule has 4 N–H and O–H groups in total. The van der Waals surface area contributed by atoms with Crippen LogP contribution in [0.2, 0.25) is 0 Å². The zero-order chi connectivity index (χ0) is 15.1. The Kier molecular flexibility index (Phi) is 5.44. The van der Waals surface area contributed by atoms with E-state index in [0.717, 1.165) is 5.56 Å². The predicted octanol–water partition coefficient (Wildman–Crippen LogP) is 1.58. The molecule has 1 heterocycles. The van der Waals surface area contributed by atoms with E-state index in [1.807, 2.05) is 6.92 Å². The molecule has 0 aliphatic heterocycles. The van der Waals surface area contributed by atoms with Gasteiger partial charge in [-0.15, -0.1) is 0 Å². The first-order chi connectivity index (χ1) is 10.2. The van der Waals surface area contributed by atoms with E-state index in [-0.39, 0.29) is 13.2 Å². The van der Waals surface area contributed by atoms with E-state index in [1.165, 1.54) is 0 Å². The molecule has 0 atom stereocenters. The normalized spacial score (nSPS) is 10.4. The maximum Gasteiger partial charge on any atom is 0.224 e. The van der Waals surface area contributed by atoms with Gasteiger partial charge in [0, 0.05) is 12.7 Å². The zero-order valence-electron chi connectivity index (χ0n) is 11.7. The first-order valence-corrected chi connectivity index (χ1v) is 6.55. The zero-order valence-corrected chi connectivity index (χ0v) is 11.7. The van der Waals surface area contributed by atoms with E-state index < -0.39 is 0 Å². The van der Waals surface area contributed by atoms with Crippen LogP contribution in [0.1, 0.15) is 18.3 Å². The summed E-state index contributed by atoms with van der Waals surface area (Å²) in [7, 11) is 0. The van der Waals surface area contributed by atoms with Crippen LogP contribution in [0.3, 0.4) is 0 Å². The lowest BCUT2D eigenvalue weighted by molar-refractivity contribution is 0.128. The van der Waals surface area contributed by atoms with Gasteiger partial charge in [-0.25, -0.2) is 10.8 Å². The highest BCUT2D eigenvalue weighted by atomic mass is 16.5. The molecular formula is C14H18N4O3. The minimum Gasteiger partial charge on any atom is -0.439 e. The second-order valence-electron chi connectivity index (χ2n) is 4.19. The Labute approximate surface area is 122 Å². The Balaban J connectivity index is 2.16. The number of rotatable bonds is 7. The number of nitrogens with zero attached hydrogens (tertiary/aromatic N) is 2. The molecule has 0 bridgehead atoms. The van der Waals surface area contributed by atoms with E-state index in [2.05, 4.69) is 15.4 Å². The topological polar surface area (TPSA) is 103 Å². The molecule has 0 saturated carbocycles. The molecule has 2 aromatic rings. The maximum absolute atomic E-state index is 9.01. The van der Waals surface area contributed by atoms with Crippen molar-refractivity contribution >= 4 is 5.82 Å². The summed E-state index contributed by atoms with van der Waals surface area (Å²) in [5, 5.41) is 9.01. The van der Waals surface area contributed by atoms with Crippen LogP contribution in [-0.2, 0) is 18.0 Å². The summed E-state index contributed by atoms with van der Waals surface area (Å²) < 4.78 is 10.9. The van der Waals surface area contributed by atoms with Crippen LogP contribution in [0.4, 0.5) is 5.82 Å². The van der Waals surface area contributed by atoms with E-state index in [4.69, 9.17) is 20.4 Å². The van der Waals surface area contributed by atoms with Crippen LogP contribution in [0.15, 0.2) is 30.3 Å². The lowest BCUT2D eigenvalue weighted by atomic mass is 10.2. The molecule has 0 fully saturated rings. The molecular weight excluding hydrogens is 272 g/mol. The van der Waals surface area contributed by atoms with Gasteiger partial charge in [-0.3, -0.25) is 0 Å². The van der Waals surface area contributed by atoms with E-state index in [0.29, 0.717) is 29.9 Å². The molecule has 0 aliphatic rings. The lowest BCUT2D eigenvalue weighted by Crippen LogP contribution is -2.11. The van der Waals surface area contributed by atoms with Crippen LogP contribution in [0.25, 0.3) is 0 Å². The SMILES string of the molecule is CCOCc1nc(NN)cc(Oc2ccc(CO)cc2)n1. The summed E-state index contributed by atoms with van der Waals surface area (Å²) in [4.78, 5) is 8.43. The van der Waals surface area contributed by atoms with Crippen LogP contribution in [0.5, 0.6) is 11.6 Å². The number of aliphatic hydroxyl groups excluding tert-OH is 1. The van der Waals surface area contributed by atoms with Crippen molar-refractivity contribution in [2.75, 3.05) is 12.0 Å². The highest BCUT2D eigenvalue weighted by molar-refractivity contribution is 5.39. The summed E-state index contributed by atoms with van der Waals surface area (Å²) in [6.45, 7) is 2.74. The fraction of sp³-hybridized carbons (Fsp3) is 0.286. The fourth-order valence-corrected chi connectivity index (χ4v) is 1.64. The van der Waals surface area contributed by atoms with E-state index in [9.17, 15) is 0 Å². The van der Waals surface area contributed by atoms with Crippen molar-refractivity contribution in [1.82, 2.24) is 9.97 Å². The number of aromatic nitrogens is 2. The summed E-state index contributed by atoms with van der Waals surface area (Å²) in [5.74, 6) is 7.28. The Morgan fingerprint density at radius 3 is 2.62 bits per heavy atom. The molecule has 0 unspecified atom stereocenters. The second-order valence-corrected chi connectivity index (χ2v) is 4.19. The van der Waals surface area contributed by atoms with Gasteiger partial charge in [-0.1, -0.05) is 12.1 Å². The largest absolute Gasteiger partial charge is 0.439 e. The number of benzene rings is 1. The van der Waals surface area contributed by atoms with Crippen molar-refractivity contribution in [3.8, 4) is 11.6 Å². The maximum atomic E-state index is 9.01. The average molecular weight is 290 g/mol. The first-order valence-electron chi connectivity index (χ1n) is 6.55. The van der Waals surface area contributed by atoms with Gasteiger partial charge in [0.15, 0.2) is 5.82 Å². The number of hydrazine groups is 1. The summed E-state index contributed by atoms with van der Waals surface area (Å²) in [5.41, 5.74) is 3.28. The third-order valence-electron chi connectivity index (χ3n) is 2.66.